The van der Waals surface area contributed by atoms with Gasteiger partial charge in [-0.05, 0) is 36.1 Å². The highest BCUT2D eigenvalue weighted by atomic mass is 16.3. The summed E-state index contributed by atoms with van der Waals surface area (Å²) >= 11 is 0. The summed E-state index contributed by atoms with van der Waals surface area (Å²) in [5.41, 5.74) is 2.18. The summed E-state index contributed by atoms with van der Waals surface area (Å²) in [6.07, 6.45) is 21.0. The zero-order valence-corrected chi connectivity index (χ0v) is 14.8. The third kappa shape index (κ3) is 5.84. The topological polar surface area (TPSA) is 37.3 Å². The molecule has 0 bridgehead atoms. The molecule has 1 aromatic carbocycles. The first-order chi connectivity index (χ1) is 12.2. The van der Waals surface area contributed by atoms with E-state index in [4.69, 9.17) is 0 Å². The van der Waals surface area contributed by atoms with Crippen molar-refractivity contribution in [1.29, 1.82) is 0 Å². The highest BCUT2D eigenvalue weighted by molar-refractivity contribution is 6.27. The molecule has 2 rings (SSSR count). The first-order valence-electron chi connectivity index (χ1n) is 8.94. The van der Waals surface area contributed by atoms with Crippen molar-refractivity contribution in [2.24, 2.45) is 0 Å². The lowest BCUT2D eigenvalue weighted by Crippen LogP contribution is -1.95. The van der Waals surface area contributed by atoms with Crippen LogP contribution in [0.15, 0.2) is 78.9 Å². The molecule has 0 radical (unpaired) electrons. The van der Waals surface area contributed by atoms with Crippen molar-refractivity contribution >= 4 is 11.4 Å². The Labute approximate surface area is 150 Å². The van der Waals surface area contributed by atoms with Gasteiger partial charge in [-0.25, -0.2) is 0 Å². The third-order valence-corrected chi connectivity index (χ3v) is 4.07. The smallest absolute Gasteiger partial charge is 0.186 e. The lowest BCUT2D eigenvalue weighted by molar-refractivity contribution is -0.109. The highest BCUT2D eigenvalue weighted by Gasteiger charge is 2.23. The minimum Gasteiger partial charge on any atom is -0.384 e. The highest BCUT2D eigenvalue weighted by Crippen LogP contribution is 2.34. The number of fused-ring (bicyclic) bond motifs is 1. The molecular formula is C23H26O2. The number of aliphatic hydroxyl groups excluding tert-OH is 1. The summed E-state index contributed by atoms with van der Waals surface area (Å²) in [6, 6.07) is 7.46. The fraction of sp³-hybridized carbons (Fsp3) is 0.261. The molecule has 25 heavy (non-hydrogen) atoms. The fourth-order valence-corrected chi connectivity index (χ4v) is 2.73. The van der Waals surface area contributed by atoms with Crippen LogP contribution in [0, 0.1) is 0 Å². The molecule has 0 saturated carbocycles. The quantitative estimate of drug-likeness (QED) is 0.368. The van der Waals surface area contributed by atoms with Crippen molar-refractivity contribution in [2.45, 2.75) is 38.7 Å². The van der Waals surface area contributed by atoms with E-state index < -0.39 is 6.10 Å². The Balaban J connectivity index is 1.81. The van der Waals surface area contributed by atoms with Gasteiger partial charge in [0.25, 0.3) is 0 Å². The lowest BCUT2D eigenvalue weighted by Gasteiger charge is -2.03. The van der Waals surface area contributed by atoms with Crippen molar-refractivity contribution in [2.75, 3.05) is 0 Å². The van der Waals surface area contributed by atoms with Gasteiger partial charge in [0, 0.05) is 5.57 Å². The van der Waals surface area contributed by atoms with Crippen molar-refractivity contribution in [1.82, 2.24) is 0 Å². The van der Waals surface area contributed by atoms with Gasteiger partial charge in [-0.2, -0.15) is 0 Å². The first kappa shape index (κ1) is 18.9. The van der Waals surface area contributed by atoms with E-state index in [0.717, 1.165) is 17.5 Å². The van der Waals surface area contributed by atoms with E-state index in [2.05, 4.69) is 19.1 Å². The molecule has 1 aliphatic carbocycles. The fourth-order valence-electron chi connectivity index (χ4n) is 2.73. The molecule has 1 atom stereocenters. The third-order valence-electron chi connectivity index (χ3n) is 4.07. The average molecular weight is 334 g/mol. The van der Waals surface area contributed by atoms with Gasteiger partial charge in [0.05, 0.1) is 6.10 Å². The summed E-state index contributed by atoms with van der Waals surface area (Å²) in [7, 11) is 0. The molecule has 0 spiro atoms. The van der Waals surface area contributed by atoms with Crippen LogP contribution in [0.5, 0.6) is 0 Å². The Morgan fingerprint density at radius 3 is 2.56 bits per heavy atom. The molecule has 0 heterocycles. The van der Waals surface area contributed by atoms with Crippen LogP contribution >= 0.6 is 0 Å². The van der Waals surface area contributed by atoms with E-state index in [1.807, 2.05) is 48.6 Å². The number of unbranched alkanes of at least 4 members (excludes halogenated alkanes) is 3. The van der Waals surface area contributed by atoms with Crippen LogP contribution in [-0.2, 0) is 4.79 Å². The summed E-state index contributed by atoms with van der Waals surface area (Å²) in [5.74, 6) is -0.0894. The van der Waals surface area contributed by atoms with Crippen LogP contribution in [-0.4, -0.2) is 10.9 Å². The van der Waals surface area contributed by atoms with Gasteiger partial charge in [-0.1, -0.05) is 86.6 Å². The monoisotopic (exact) mass is 334 g/mol. The molecule has 1 aliphatic rings. The number of allylic oxidation sites excluding steroid dienone is 9. The molecule has 1 aromatic rings. The van der Waals surface area contributed by atoms with Gasteiger partial charge in [0.2, 0.25) is 0 Å². The maximum atomic E-state index is 12.3. The molecular weight excluding hydrogens is 308 g/mol. The SMILES string of the molecule is CCCCC/C=C/C=C/C=C/C=C/C(=O)C1=CC(O)c2ccccc21. The summed E-state index contributed by atoms with van der Waals surface area (Å²) in [5, 5.41) is 9.98. The molecule has 0 amide bonds. The minimum atomic E-state index is -0.689. The molecule has 0 fully saturated rings. The van der Waals surface area contributed by atoms with Crippen molar-refractivity contribution in [3.8, 4) is 0 Å². The molecule has 0 aliphatic heterocycles. The molecule has 0 saturated heterocycles. The number of carbonyl (C=O) groups is 1. The van der Waals surface area contributed by atoms with Gasteiger partial charge in [-0.15, -0.1) is 0 Å². The van der Waals surface area contributed by atoms with Gasteiger partial charge in [0.15, 0.2) is 5.78 Å². The molecule has 130 valence electrons. The van der Waals surface area contributed by atoms with E-state index in [9.17, 15) is 9.90 Å². The maximum absolute atomic E-state index is 12.3. The Morgan fingerprint density at radius 2 is 1.76 bits per heavy atom. The number of aliphatic hydroxyl groups is 1. The van der Waals surface area contributed by atoms with Crippen LogP contribution in [0.1, 0.15) is 49.8 Å². The predicted octanol–water partition coefficient (Wildman–Crippen LogP) is 5.49. The molecule has 2 nitrogen and oxygen atoms in total. The van der Waals surface area contributed by atoms with E-state index >= 15 is 0 Å². The zero-order valence-electron chi connectivity index (χ0n) is 14.8. The Morgan fingerprint density at radius 1 is 1.04 bits per heavy atom. The van der Waals surface area contributed by atoms with Crippen LogP contribution in [0.25, 0.3) is 5.57 Å². The lowest BCUT2D eigenvalue weighted by atomic mass is 10.0. The molecule has 0 aromatic heterocycles. The van der Waals surface area contributed by atoms with E-state index in [0.29, 0.717) is 5.57 Å². The molecule has 2 heteroatoms. The van der Waals surface area contributed by atoms with Crippen LogP contribution < -0.4 is 0 Å². The number of benzene rings is 1. The Bertz CT molecular complexity index is 717. The number of hydrogen-bond donors (Lipinski definition) is 1. The summed E-state index contributed by atoms with van der Waals surface area (Å²) in [6.45, 7) is 2.21. The standard InChI is InChI=1S/C23H26O2/c1-2-3-4-5-6-7-8-9-10-11-12-17-22(24)21-18-23(25)20-16-14-13-15-19(20)21/h6-18,23,25H,2-5H2,1H3/b7-6+,9-8+,11-10+,17-12+. The van der Waals surface area contributed by atoms with Crippen molar-refractivity contribution in [3.63, 3.8) is 0 Å². The Hall–Kier alpha value is -2.45. The minimum absolute atomic E-state index is 0.0894. The number of carbonyl (C=O) groups excluding carboxylic acids is 1. The molecule has 1 unspecified atom stereocenters. The van der Waals surface area contributed by atoms with E-state index in [-0.39, 0.29) is 5.78 Å². The van der Waals surface area contributed by atoms with Crippen LogP contribution in [0.4, 0.5) is 0 Å². The normalized spacial score (nSPS) is 17.2. The number of rotatable bonds is 9. The maximum Gasteiger partial charge on any atom is 0.186 e. The van der Waals surface area contributed by atoms with Crippen LogP contribution in [0.2, 0.25) is 0 Å². The number of hydrogen-bond acceptors (Lipinski definition) is 2. The summed E-state index contributed by atoms with van der Waals surface area (Å²) < 4.78 is 0. The van der Waals surface area contributed by atoms with Crippen molar-refractivity contribution in [3.05, 3.63) is 90.1 Å². The molecule has 1 N–H and O–H groups in total. The van der Waals surface area contributed by atoms with Crippen LogP contribution in [0.3, 0.4) is 0 Å². The first-order valence-corrected chi connectivity index (χ1v) is 8.94. The van der Waals surface area contributed by atoms with Crippen molar-refractivity contribution < 1.29 is 9.90 Å². The van der Waals surface area contributed by atoms with Gasteiger partial charge < -0.3 is 5.11 Å². The second kappa shape index (κ2) is 10.4. The zero-order chi connectivity index (χ0) is 17.9. The Kier molecular flexibility index (Phi) is 7.87. The van der Waals surface area contributed by atoms with E-state index in [1.165, 1.54) is 25.3 Å². The van der Waals surface area contributed by atoms with E-state index in [1.54, 1.807) is 12.2 Å². The average Bonchev–Trinajstić information content (AvgIpc) is 2.97. The predicted molar refractivity (Wildman–Crippen MR) is 105 cm³/mol. The summed E-state index contributed by atoms with van der Waals surface area (Å²) in [4.78, 5) is 12.3. The second-order valence-corrected chi connectivity index (χ2v) is 6.03. The largest absolute Gasteiger partial charge is 0.384 e. The van der Waals surface area contributed by atoms with Gasteiger partial charge >= 0.3 is 0 Å². The second-order valence-electron chi connectivity index (χ2n) is 6.03. The van der Waals surface area contributed by atoms with Gasteiger partial charge in [-0.3, -0.25) is 4.79 Å². The number of ketones is 1. The van der Waals surface area contributed by atoms with Gasteiger partial charge in [0.1, 0.15) is 0 Å².